The zero-order chi connectivity index (χ0) is 22.7. The van der Waals surface area contributed by atoms with Crippen molar-refractivity contribution in [3.63, 3.8) is 0 Å². The fourth-order valence-electron chi connectivity index (χ4n) is 5.39. The molecule has 0 aromatic rings. The van der Waals surface area contributed by atoms with Crippen molar-refractivity contribution in [1.29, 1.82) is 0 Å². The number of urea groups is 1. The van der Waals surface area contributed by atoms with Gasteiger partial charge in [-0.3, -0.25) is 9.59 Å². The maximum absolute atomic E-state index is 13.3. The number of nitrogens with one attached hydrogen (secondary N) is 1. The lowest BCUT2D eigenvalue weighted by molar-refractivity contribution is -0.144. The first-order valence-corrected chi connectivity index (χ1v) is 12.1. The molecule has 3 aliphatic rings. The molecule has 3 saturated heterocycles. The molecular weight excluding hydrogens is 394 g/mol. The van der Waals surface area contributed by atoms with Gasteiger partial charge in [0.05, 0.1) is 6.04 Å². The zero-order valence-electron chi connectivity index (χ0n) is 20.0. The summed E-state index contributed by atoms with van der Waals surface area (Å²) in [4.78, 5) is 46.2. The van der Waals surface area contributed by atoms with Crippen molar-refractivity contribution in [2.24, 2.45) is 5.92 Å². The number of piperidine rings is 1. The lowest BCUT2D eigenvalue weighted by atomic mass is 9.89. The third-order valence-electron chi connectivity index (χ3n) is 7.26. The Morgan fingerprint density at radius 1 is 0.839 bits per heavy atom. The molecule has 0 radical (unpaired) electrons. The van der Waals surface area contributed by atoms with Crippen molar-refractivity contribution in [1.82, 2.24) is 24.9 Å². The van der Waals surface area contributed by atoms with Crippen LogP contribution >= 0.6 is 0 Å². The van der Waals surface area contributed by atoms with Gasteiger partial charge in [-0.1, -0.05) is 0 Å². The first-order chi connectivity index (χ1) is 14.7. The van der Waals surface area contributed by atoms with Gasteiger partial charge >= 0.3 is 6.03 Å². The van der Waals surface area contributed by atoms with Crippen molar-refractivity contribution >= 4 is 17.8 Å². The van der Waals surface area contributed by atoms with Crippen LogP contribution in [0, 0.1) is 5.92 Å². The molecule has 1 N–H and O–H groups in total. The van der Waals surface area contributed by atoms with E-state index in [0.29, 0.717) is 13.0 Å². The number of piperazine rings is 1. The lowest BCUT2D eigenvalue weighted by Crippen LogP contribution is -2.60. The van der Waals surface area contributed by atoms with E-state index in [1.165, 1.54) is 0 Å². The van der Waals surface area contributed by atoms with E-state index in [4.69, 9.17) is 0 Å². The van der Waals surface area contributed by atoms with E-state index < -0.39 is 0 Å². The van der Waals surface area contributed by atoms with Gasteiger partial charge in [0.1, 0.15) is 0 Å². The quantitative estimate of drug-likeness (QED) is 0.661. The molecule has 4 atom stereocenters. The number of nitrogens with zero attached hydrogens (tertiary/aromatic N) is 4. The molecule has 0 aromatic heterocycles. The smallest absolute Gasteiger partial charge is 0.319 e. The average molecular weight is 436 g/mol. The second-order valence-corrected chi connectivity index (χ2v) is 9.92. The fourth-order valence-corrected chi connectivity index (χ4v) is 5.39. The number of likely N-dealkylation sites (tertiary alicyclic amines) is 1. The molecule has 0 bridgehead atoms. The number of hydrogen-bond acceptors (Lipinski definition) is 4. The molecule has 3 heterocycles. The molecule has 176 valence electrons. The van der Waals surface area contributed by atoms with Crippen molar-refractivity contribution in [2.45, 2.75) is 84.0 Å². The Labute approximate surface area is 187 Å². The van der Waals surface area contributed by atoms with Crippen molar-refractivity contribution in [3.8, 4) is 0 Å². The predicted octanol–water partition coefficient (Wildman–Crippen LogP) is 1.75. The maximum atomic E-state index is 13.3. The summed E-state index contributed by atoms with van der Waals surface area (Å²) < 4.78 is 0. The Bertz CT molecular complexity index is 670. The Balaban J connectivity index is 1.58. The summed E-state index contributed by atoms with van der Waals surface area (Å²) in [6.45, 7) is 12.1. The van der Waals surface area contributed by atoms with Crippen LogP contribution < -0.4 is 5.32 Å². The minimum atomic E-state index is -0.277. The molecular formula is C23H41N5O3. The van der Waals surface area contributed by atoms with Gasteiger partial charge in [0.25, 0.3) is 0 Å². The van der Waals surface area contributed by atoms with Gasteiger partial charge in [0.15, 0.2) is 0 Å². The first kappa shape index (κ1) is 23.8. The number of carbonyl (C=O) groups is 3. The Morgan fingerprint density at radius 2 is 1.52 bits per heavy atom. The second kappa shape index (κ2) is 10.2. The average Bonchev–Trinajstić information content (AvgIpc) is 2.72. The van der Waals surface area contributed by atoms with E-state index in [1.807, 2.05) is 28.7 Å². The highest BCUT2D eigenvalue weighted by Crippen LogP contribution is 2.26. The highest BCUT2D eigenvalue weighted by Gasteiger charge is 2.37. The minimum absolute atomic E-state index is 0.00600. The SMILES string of the molecule is CC(C)N1CCCC(CC(C)N2CCNC(CC(C)N3CCCN(C)C3=O)C2=O)C1=O. The molecule has 3 aliphatic heterocycles. The fraction of sp³-hybridized carbons (Fsp3) is 0.870. The molecule has 0 spiro atoms. The number of amides is 4. The summed E-state index contributed by atoms with van der Waals surface area (Å²) in [6, 6.07) is 0.0507. The second-order valence-electron chi connectivity index (χ2n) is 9.92. The maximum Gasteiger partial charge on any atom is 0.319 e. The van der Waals surface area contributed by atoms with Crippen LogP contribution in [0.25, 0.3) is 0 Å². The van der Waals surface area contributed by atoms with E-state index in [0.717, 1.165) is 51.9 Å². The van der Waals surface area contributed by atoms with Crippen LogP contribution in [-0.2, 0) is 9.59 Å². The van der Waals surface area contributed by atoms with Crippen molar-refractivity contribution in [3.05, 3.63) is 0 Å². The Hall–Kier alpha value is -1.83. The molecule has 8 heteroatoms. The summed E-state index contributed by atoms with van der Waals surface area (Å²) in [5.41, 5.74) is 0. The molecule has 0 aromatic carbocycles. The largest absolute Gasteiger partial charge is 0.340 e. The topological polar surface area (TPSA) is 76.2 Å². The van der Waals surface area contributed by atoms with E-state index in [-0.39, 0.29) is 47.9 Å². The van der Waals surface area contributed by atoms with Crippen LogP contribution in [0.15, 0.2) is 0 Å². The van der Waals surface area contributed by atoms with Gasteiger partial charge in [-0.2, -0.15) is 0 Å². The van der Waals surface area contributed by atoms with Gasteiger partial charge in [0, 0.05) is 63.8 Å². The zero-order valence-corrected chi connectivity index (χ0v) is 20.0. The number of rotatable bonds is 7. The molecule has 8 nitrogen and oxygen atoms in total. The van der Waals surface area contributed by atoms with Crippen LogP contribution in [-0.4, -0.2) is 101 Å². The van der Waals surface area contributed by atoms with Gasteiger partial charge in [-0.05, 0) is 59.8 Å². The molecule has 31 heavy (non-hydrogen) atoms. The molecule has 4 unspecified atom stereocenters. The van der Waals surface area contributed by atoms with Crippen LogP contribution in [0.4, 0.5) is 4.79 Å². The summed E-state index contributed by atoms with van der Waals surface area (Å²) in [6.07, 6.45) is 4.26. The van der Waals surface area contributed by atoms with E-state index in [9.17, 15) is 14.4 Å². The summed E-state index contributed by atoms with van der Waals surface area (Å²) in [5, 5.41) is 3.37. The number of hydrogen-bond donors (Lipinski definition) is 1. The molecule has 0 saturated carbocycles. The normalized spacial score (nSPS) is 27.9. The third-order valence-corrected chi connectivity index (χ3v) is 7.26. The predicted molar refractivity (Wildman–Crippen MR) is 121 cm³/mol. The monoisotopic (exact) mass is 435 g/mol. The lowest BCUT2D eigenvalue weighted by Gasteiger charge is -2.42. The summed E-state index contributed by atoms with van der Waals surface area (Å²) in [7, 11) is 1.83. The minimum Gasteiger partial charge on any atom is -0.340 e. The highest BCUT2D eigenvalue weighted by atomic mass is 16.2. The van der Waals surface area contributed by atoms with Crippen LogP contribution in [0.3, 0.4) is 0 Å². The molecule has 4 amide bonds. The molecule has 0 aliphatic carbocycles. The Kier molecular flexibility index (Phi) is 7.83. The van der Waals surface area contributed by atoms with Gasteiger partial charge in [-0.25, -0.2) is 4.79 Å². The third kappa shape index (κ3) is 5.33. The van der Waals surface area contributed by atoms with Crippen molar-refractivity contribution in [2.75, 3.05) is 39.8 Å². The van der Waals surface area contributed by atoms with Crippen molar-refractivity contribution < 1.29 is 14.4 Å². The highest BCUT2D eigenvalue weighted by molar-refractivity contribution is 5.84. The van der Waals surface area contributed by atoms with Gasteiger partial charge in [0.2, 0.25) is 11.8 Å². The standard InChI is InChI=1S/C23H41N5O3/c1-16(2)26-11-6-8-19(21(26)29)14-17(3)27-13-9-24-20(22(27)30)15-18(4)28-12-7-10-25(5)23(28)31/h16-20,24H,6-15H2,1-5H3. The Morgan fingerprint density at radius 3 is 2.23 bits per heavy atom. The van der Waals surface area contributed by atoms with E-state index in [2.05, 4.69) is 26.1 Å². The summed E-state index contributed by atoms with van der Waals surface area (Å²) >= 11 is 0. The van der Waals surface area contributed by atoms with Gasteiger partial charge < -0.3 is 24.9 Å². The van der Waals surface area contributed by atoms with Crippen LogP contribution in [0.2, 0.25) is 0 Å². The van der Waals surface area contributed by atoms with E-state index in [1.54, 1.807) is 4.90 Å². The molecule has 3 fully saturated rings. The first-order valence-electron chi connectivity index (χ1n) is 12.1. The van der Waals surface area contributed by atoms with Gasteiger partial charge in [-0.15, -0.1) is 0 Å². The molecule has 3 rings (SSSR count). The van der Waals surface area contributed by atoms with Crippen LogP contribution in [0.1, 0.15) is 59.8 Å². The van der Waals surface area contributed by atoms with Crippen LogP contribution in [0.5, 0.6) is 0 Å². The van der Waals surface area contributed by atoms with E-state index >= 15 is 0 Å². The number of carbonyl (C=O) groups excluding carboxylic acids is 3. The summed E-state index contributed by atoms with van der Waals surface area (Å²) in [5.74, 6) is 0.355.